The molecule has 17 heavy (non-hydrogen) atoms. The zero-order valence-electron chi connectivity index (χ0n) is 12.4. The molecule has 1 N–H and O–H groups in total. The molecule has 2 atom stereocenters. The second-order valence-electron chi connectivity index (χ2n) is 7.10. The van der Waals surface area contributed by atoms with Gasteiger partial charge in [-0.2, -0.15) is 0 Å². The zero-order chi connectivity index (χ0) is 13.4. The molecule has 1 fully saturated rings. The van der Waals surface area contributed by atoms with Crippen LogP contribution in [0.2, 0.25) is 0 Å². The molecule has 1 aliphatic rings. The molecule has 3 nitrogen and oxygen atoms in total. The smallest absolute Gasteiger partial charge is 0.241 e. The summed E-state index contributed by atoms with van der Waals surface area (Å²) in [6.07, 6.45) is 0.189. The minimum Gasteiger partial charge on any atom is -0.325 e. The van der Waals surface area contributed by atoms with Gasteiger partial charge < -0.3 is 4.90 Å². The van der Waals surface area contributed by atoms with Gasteiger partial charge in [-0.1, -0.05) is 48.5 Å². The standard InChI is InChI=1S/C14H28N2O/c1-9(2)11-13(17)16(8-14(5,6)7)12(15-11)10(3)4/h9-12,15H,8H2,1-7H3. The molecule has 0 aromatic rings. The molecule has 0 aliphatic carbocycles. The van der Waals surface area contributed by atoms with Crippen molar-refractivity contribution in [2.45, 2.75) is 60.7 Å². The maximum absolute atomic E-state index is 12.4. The number of carbonyl (C=O) groups excluding carboxylic acids is 1. The molecule has 1 amide bonds. The van der Waals surface area contributed by atoms with E-state index in [0.29, 0.717) is 11.8 Å². The van der Waals surface area contributed by atoms with Gasteiger partial charge in [-0.05, 0) is 17.3 Å². The second-order valence-corrected chi connectivity index (χ2v) is 7.10. The van der Waals surface area contributed by atoms with Crippen molar-refractivity contribution in [3.63, 3.8) is 0 Å². The summed E-state index contributed by atoms with van der Waals surface area (Å²) in [5.74, 6) is 1.08. The second kappa shape index (κ2) is 4.97. The fourth-order valence-electron chi connectivity index (χ4n) is 2.38. The quantitative estimate of drug-likeness (QED) is 0.822. The summed E-state index contributed by atoms with van der Waals surface area (Å²) in [7, 11) is 0. The molecule has 0 radical (unpaired) electrons. The average Bonchev–Trinajstić information content (AvgIpc) is 2.41. The Morgan fingerprint density at radius 2 is 1.71 bits per heavy atom. The Balaban J connectivity index is 2.87. The Morgan fingerprint density at radius 1 is 1.18 bits per heavy atom. The van der Waals surface area contributed by atoms with Crippen LogP contribution >= 0.6 is 0 Å². The molecule has 0 bridgehead atoms. The minimum atomic E-state index is -0.00949. The lowest BCUT2D eigenvalue weighted by Gasteiger charge is -2.32. The van der Waals surface area contributed by atoms with Crippen molar-refractivity contribution >= 4 is 5.91 Å². The summed E-state index contributed by atoms with van der Waals surface area (Å²) in [5.41, 5.74) is 0.149. The Bertz CT molecular complexity index is 278. The summed E-state index contributed by atoms with van der Waals surface area (Å²) in [6, 6.07) is -0.00949. The highest BCUT2D eigenvalue weighted by Gasteiger charge is 2.42. The first-order chi connectivity index (χ1) is 7.63. The van der Waals surface area contributed by atoms with Crippen LogP contribution in [0.5, 0.6) is 0 Å². The van der Waals surface area contributed by atoms with Crippen molar-refractivity contribution in [3.05, 3.63) is 0 Å². The van der Waals surface area contributed by atoms with Crippen molar-refractivity contribution in [3.8, 4) is 0 Å². The predicted octanol–water partition coefficient (Wildman–Crippen LogP) is 2.47. The number of amides is 1. The first kappa shape index (κ1) is 14.5. The maximum atomic E-state index is 12.4. The fraction of sp³-hybridized carbons (Fsp3) is 0.929. The van der Waals surface area contributed by atoms with Crippen LogP contribution in [0.1, 0.15) is 48.5 Å². The van der Waals surface area contributed by atoms with E-state index in [4.69, 9.17) is 0 Å². The Labute approximate surface area is 106 Å². The molecule has 3 heteroatoms. The SMILES string of the molecule is CC(C)C1NC(C(C)C)N(CC(C)(C)C)C1=O. The van der Waals surface area contributed by atoms with Crippen LogP contribution in [0.25, 0.3) is 0 Å². The molecule has 100 valence electrons. The maximum Gasteiger partial charge on any atom is 0.241 e. The molecule has 2 unspecified atom stereocenters. The van der Waals surface area contributed by atoms with Crippen LogP contribution in [0.15, 0.2) is 0 Å². The van der Waals surface area contributed by atoms with Gasteiger partial charge in [0.25, 0.3) is 0 Å². The van der Waals surface area contributed by atoms with E-state index in [1.165, 1.54) is 0 Å². The van der Waals surface area contributed by atoms with Crippen molar-refractivity contribution in [2.75, 3.05) is 6.54 Å². The van der Waals surface area contributed by atoms with E-state index < -0.39 is 0 Å². The third-order valence-electron chi connectivity index (χ3n) is 3.18. The van der Waals surface area contributed by atoms with Crippen LogP contribution in [0.3, 0.4) is 0 Å². The first-order valence-corrected chi connectivity index (χ1v) is 6.70. The van der Waals surface area contributed by atoms with E-state index in [-0.39, 0.29) is 23.5 Å². The average molecular weight is 240 g/mol. The van der Waals surface area contributed by atoms with Gasteiger partial charge in [0.05, 0.1) is 12.2 Å². The van der Waals surface area contributed by atoms with Crippen molar-refractivity contribution < 1.29 is 4.79 Å². The van der Waals surface area contributed by atoms with Gasteiger partial charge in [0, 0.05) is 6.54 Å². The van der Waals surface area contributed by atoms with E-state index in [2.05, 4.69) is 53.8 Å². The molecular formula is C14H28N2O. The van der Waals surface area contributed by atoms with Gasteiger partial charge in [0.2, 0.25) is 5.91 Å². The summed E-state index contributed by atoms with van der Waals surface area (Å²) in [6.45, 7) is 15.9. The Morgan fingerprint density at radius 3 is 2.06 bits per heavy atom. The fourth-order valence-corrected chi connectivity index (χ4v) is 2.38. The number of hydrogen-bond donors (Lipinski definition) is 1. The Kier molecular flexibility index (Phi) is 4.23. The number of nitrogens with one attached hydrogen (secondary N) is 1. The number of hydrogen-bond acceptors (Lipinski definition) is 2. The van der Waals surface area contributed by atoms with Gasteiger partial charge in [-0.3, -0.25) is 10.1 Å². The zero-order valence-corrected chi connectivity index (χ0v) is 12.4. The summed E-state index contributed by atoms with van der Waals surface area (Å²) >= 11 is 0. The number of carbonyl (C=O) groups is 1. The number of nitrogens with zero attached hydrogens (tertiary/aromatic N) is 1. The third kappa shape index (κ3) is 3.44. The monoisotopic (exact) mass is 240 g/mol. The molecule has 0 spiro atoms. The van der Waals surface area contributed by atoms with Crippen LogP contribution in [0, 0.1) is 17.3 Å². The lowest BCUT2D eigenvalue weighted by molar-refractivity contribution is -0.132. The van der Waals surface area contributed by atoms with Gasteiger partial charge >= 0.3 is 0 Å². The lowest BCUT2D eigenvalue weighted by Crippen LogP contribution is -2.45. The summed E-state index contributed by atoms with van der Waals surface area (Å²) < 4.78 is 0. The summed E-state index contributed by atoms with van der Waals surface area (Å²) in [4.78, 5) is 14.4. The minimum absolute atomic E-state index is 0.00949. The molecule has 1 saturated heterocycles. The van der Waals surface area contributed by atoms with Crippen LogP contribution in [-0.2, 0) is 4.79 Å². The summed E-state index contributed by atoms with van der Waals surface area (Å²) in [5, 5.41) is 3.49. The lowest BCUT2D eigenvalue weighted by atomic mass is 9.95. The third-order valence-corrected chi connectivity index (χ3v) is 3.18. The Hall–Kier alpha value is -0.570. The largest absolute Gasteiger partial charge is 0.325 e. The van der Waals surface area contributed by atoms with Crippen LogP contribution in [-0.4, -0.2) is 29.6 Å². The first-order valence-electron chi connectivity index (χ1n) is 6.70. The normalized spacial score (nSPS) is 26.4. The predicted molar refractivity (Wildman–Crippen MR) is 71.6 cm³/mol. The van der Waals surface area contributed by atoms with Crippen LogP contribution in [0.4, 0.5) is 0 Å². The molecule has 1 heterocycles. The van der Waals surface area contributed by atoms with Gasteiger partial charge in [-0.25, -0.2) is 0 Å². The van der Waals surface area contributed by atoms with Crippen LogP contribution < -0.4 is 5.32 Å². The van der Waals surface area contributed by atoms with E-state index in [1.54, 1.807) is 0 Å². The molecular weight excluding hydrogens is 212 g/mol. The van der Waals surface area contributed by atoms with E-state index in [1.807, 2.05) is 4.90 Å². The highest BCUT2D eigenvalue weighted by molar-refractivity contribution is 5.84. The van der Waals surface area contributed by atoms with E-state index in [9.17, 15) is 4.79 Å². The topological polar surface area (TPSA) is 32.3 Å². The molecule has 0 aromatic carbocycles. The van der Waals surface area contributed by atoms with Crippen molar-refractivity contribution in [1.29, 1.82) is 0 Å². The highest BCUT2D eigenvalue weighted by Crippen LogP contribution is 2.26. The van der Waals surface area contributed by atoms with Gasteiger partial charge in [0.15, 0.2) is 0 Å². The van der Waals surface area contributed by atoms with Crippen molar-refractivity contribution in [2.24, 2.45) is 17.3 Å². The number of rotatable bonds is 3. The highest BCUT2D eigenvalue weighted by atomic mass is 16.2. The molecule has 0 aromatic heterocycles. The van der Waals surface area contributed by atoms with Gasteiger partial charge in [-0.15, -0.1) is 0 Å². The molecule has 1 aliphatic heterocycles. The van der Waals surface area contributed by atoms with Crippen molar-refractivity contribution in [1.82, 2.24) is 10.2 Å². The van der Waals surface area contributed by atoms with E-state index >= 15 is 0 Å². The molecule has 0 saturated carbocycles. The van der Waals surface area contributed by atoms with E-state index in [0.717, 1.165) is 6.54 Å². The molecule has 1 rings (SSSR count). The van der Waals surface area contributed by atoms with Gasteiger partial charge in [0.1, 0.15) is 0 Å².